The standard InChI is InChI=1S/C17H18N4O4/c1-11-5-4-6-12(18-11)13-10-21-14(17(24)19-13)9-15(20-21)25-8-3-2-7-16(22)23/h4-6,9-10H,2-3,7-8H2,1H3,(H,19,24)(H,22,23). The molecule has 0 saturated carbocycles. The molecular formula is C17H18N4O4. The molecule has 8 heteroatoms. The van der Waals surface area contributed by atoms with Gasteiger partial charge >= 0.3 is 5.97 Å². The van der Waals surface area contributed by atoms with Crippen LogP contribution in [-0.2, 0) is 4.79 Å². The summed E-state index contributed by atoms with van der Waals surface area (Å²) < 4.78 is 6.96. The molecule has 3 aromatic rings. The third-order valence-corrected chi connectivity index (χ3v) is 3.64. The van der Waals surface area contributed by atoms with Crippen LogP contribution < -0.4 is 10.3 Å². The highest BCUT2D eigenvalue weighted by Gasteiger charge is 2.10. The maximum atomic E-state index is 12.3. The fourth-order valence-corrected chi connectivity index (χ4v) is 2.43. The molecule has 3 aromatic heterocycles. The summed E-state index contributed by atoms with van der Waals surface area (Å²) >= 11 is 0. The zero-order valence-electron chi connectivity index (χ0n) is 13.7. The highest BCUT2D eigenvalue weighted by atomic mass is 16.5. The summed E-state index contributed by atoms with van der Waals surface area (Å²) in [5.74, 6) is -0.494. The molecule has 0 aromatic carbocycles. The number of aliphatic carboxylic acids is 1. The molecule has 0 saturated heterocycles. The van der Waals surface area contributed by atoms with E-state index in [4.69, 9.17) is 9.84 Å². The summed E-state index contributed by atoms with van der Waals surface area (Å²) in [4.78, 5) is 29.9. The zero-order chi connectivity index (χ0) is 17.8. The van der Waals surface area contributed by atoms with Gasteiger partial charge in [0.1, 0.15) is 5.52 Å². The molecule has 25 heavy (non-hydrogen) atoms. The van der Waals surface area contributed by atoms with Gasteiger partial charge in [0.25, 0.3) is 5.56 Å². The Bertz CT molecular complexity index is 961. The second kappa shape index (κ2) is 7.16. The summed E-state index contributed by atoms with van der Waals surface area (Å²) in [6.07, 6.45) is 2.94. The molecular weight excluding hydrogens is 324 g/mol. The number of rotatable bonds is 7. The van der Waals surface area contributed by atoms with Crippen LogP contribution in [0.5, 0.6) is 5.88 Å². The van der Waals surface area contributed by atoms with E-state index in [-0.39, 0.29) is 12.0 Å². The Kier molecular flexibility index (Phi) is 4.78. The third kappa shape index (κ3) is 4.03. The molecule has 0 atom stereocenters. The van der Waals surface area contributed by atoms with Gasteiger partial charge in [0.05, 0.1) is 24.2 Å². The topological polar surface area (TPSA) is 110 Å². The van der Waals surface area contributed by atoms with E-state index in [0.717, 1.165) is 5.69 Å². The van der Waals surface area contributed by atoms with E-state index in [1.54, 1.807) is 12.3 Å². The number of fused-ring (bicyclic) bond motifs is 1. The molecule has 2 N–H and O–H groups in total. The lowest BCUT2D eigenvalue weighted by atomic mass is 10.2. The minimum atomic E-state index is -0.823. The molecule has 3 rings (SSSR count). The van der Waals surface area contributed by atoms with Gasteiger partial charge in [-0.1, -0.05) is 6.07 Å². The van der Waals surface area contributed by atoms with E-state index in [1.165, 1.54) is 4.52 Å². The molecule has 130 valence electrons. The number of carboxylic acids is 1. The summed E-state index contributed by atoms with van der Waals surface area (Å²) in [6, 6.07) is 7.12. The van der Waals surface area contributed by atoms with Gasteiger partial charge in [0, 0.05) is 18.2 Å². The average molecular weight is 342 g/mol. The van der Waals surface area contributed by atoms with Crippen molar-refractivity contribution in [3.63, 3.8) is 0 Å². The predicted octanol–water partition coefficient (Wildman–Crippen LogP) is 2.03. The largest absolute Gasteiger partial charge is 0.481 e. The minimum absolute atomic E-state index is 0.112. The summed E-state index contributed by atoms with van der Waals surface area (Å²) in [6.45, 7) is 2.23. The van der Waals surface area contributed by atoms with Crippen molar-refractivity contribution in [1.29, 1.82) is 0 Å². The van der Waals surface area contributed by atoms with Gasteiger partial charge in [-0.2, -0.15) is 0 Å². The number of aromatic amines is 1. The Hall–Kier alpha value is -3.16. The maximum Gasteiger partial charge on any atom is 0.303 e. The van der Waals surface area contributed by atoms with Crippen molar-refractivity contribution in [2.75, 3.05) is 6.61 Å². The molecule has 0 aliphatic rings. The van der Waals surface area contributed by atoms with Crippen LogP contribution in [0, 0.1) is 6.92 Å². The molecule has 0 amide bonds. The van der Waals surface area contributed by atoms with Crippen LogP contribution >= 0.6 is 0 Å². The van der Waals surface area contributed by atoms with Gasteiger partial charge in [-0.05, 0) is 31.9 Å². The lowest BCUT2D eigenvalue weighted by molar-refractivity contribution is -0.137. The molecule has 0 fully saturated rings. The minimum Gasteiger partial charge on any atom is -0.481 e. The fourth-order valence-electron chi connectivity index (χ4n) is 2.43. The lowest BCUT2D eigenvalue weighted by Gasteiger charge is -2.02. The van der Waals surface area contributed by atoms with Crippen molar-refractivity contribution in [1.82, 2.24) is 19.6 Å². The van der Waals surface area contributed by atoms with E-state index in [1.807, 2.05) is 25.1 Å². The number of carbonyl (C=O) groups is 1. The van der Waals surface area contributed by atoms with E-state index < -0.39 is 5.97 Å². The monoisotopic (exact) mass is 342 g/mol. The van der Waals surface area contributed by atoms with E-state index in [0.29, 0.717) is 42.2 Å². The van der Waals surface area contributed by atoms with Crippen molar-refractivity contribution in [3.05, 3.63) is 46.5 Å². The first kappa shape index (κ1) is 16.7. The van der Waals surface area contributed by atoms with Gasteiger partial charge in [0.15, 0.2) is 0 Å². The molecule has 0 aliphatic heterocycles. The van der Waals surface area contributed by atoms with Crippen molar-refractivity contribution in [2.45, 2.75) is 26.2 Å². The van der Waals surface area contributed by atoms with Gasteiger partial charge in [-0.3, -0.25) is 14.6 Å². The number of pyridine rings is 1. The first-order valence-electron chi connectivity index (χ1n) is 7.94. The van der Waals surface area contributed by atoms with Crippen LogP contribution in [0.25, 0.3) is 16.9 Å². The Morgan fingerprint density at radius 1 is 1.36 bits per heavy atom. The number of H-pyrrole nitrogens is 1. The van der Waals surface area contributed by atoms with Gasteiger partial charge in [0.2, 0.25) is 5.88 Å². The van der Waals surface area contributed by atoms with Crippen LogP contribution in [0.3, 0.4) is 0 Å². The maximum absolute atomic E-state index is 12.3. The number of aryl methyl sites for hydroxylation is 1. The van der Waals surface area contributed by atoms with Crippen LogP contribution in [0.15, 0.2) is 35.3 Å². The highest BCUT2D eigenvalue weighted by Crippen LogP contribution is 2.16. The molecule has 0 radical (unpaired) electrons. The first-order valence-corrected chi connectivity index (χ1v) is 7.94. The van der Waals surface area contributed by atoms with E-state index >= 15 is 0 Å². The second-order valence-electron chi connectivity index (χ2n) is 5.67. The SMILES string of the molecule is Cc1cccc(-c2cn3nc(OCCCCC(=O)O)cc3c(=O)[nH]2)n1. The average Bonchev–Trinajstić information content (AvgIpc) is 2.98. The first-order chi connectivity index (χ1) is 12.0. The second-order valence-corrected chi connectivity index (χ2v) is 5.67. The number of aromatic nitrogens is 4. The number of unbranched alkanes of at least 4 members (excludes halogenated alkanes) is 1. The van der Waals surface area contributed by atoms with Crippen molar-refractivity contribution in [2.24, 2.45) is 0 Å². The lowest BCUT2D eigenvalue weighted by Crippen LogP contribution is -2.11. The Morgan fingerprint density at radius 2 is 2.20 bits per heavy atom. The van der Waals surface area contributed by atoms with Gasteiger partial charge in [-0.25, -0.2) is 4.52 Å². The molecule has 3 heterocycles. The van der Waals surface area contributed by atoms with Crippen molar-refractivity contribution >= 4 is 11.5 Å². The number of ether oxygens (including phenoxy) is 1. The number of carboxylic acid groups (broad SMARTS) is 1. The smallest absolute Gasteiger partial charge is 0.303 e. The summed E-state index contributed by atoms with van der Waals surface area (Å²) in [5.41, 5.74) is 2.17. The normalized spacial score (nSPS) is 10.9. The van der Waals surface area contributed by atoms with E-state index in [9.17, 15) is 9.59 Å². The number of nitrogens with zero attached hydrogens (tertiary/aromatic N) is 3. The number of hydrogen-bond acceptors (Lipinski definition) is 5. The van der Waals surface area contributed by atoms with Gasteiger partial charge in [-0.15, -0.1) is 5.10 Å². The predicted molar refractivity (Wildman–Crippen MR) is 90.8 cm³/mol. The Morgan fingerprint density at radius 3 is 2.96 bits per heavy atom. The quantitative estimate of drug-likeness (QED) is 0.636. The van der Waals surface area contributed by atoms with Crippen molar-refractivity contribution in [3.8, 4) is 17.3 Å². The van der Waals surface area contributed by atoms with Crippen LogP contribution in [0.2, 0.25) is 0 Å². The zero-order valence-corrected chi connectivity index (χ0v) is 13.7. The Balaban J connectivity index is 1.77. The van der Waals surface area contributed by atoms with Crippen LogP contribution in [0.1, 0.15) is 25.0 Å². The fraction of sp³-hybridized carbons (Fsp3) is 0.294. The summed E-state index contributed by atoms with van der Waals surface area (Å²) in [5, 5.41) is 12.8. The van der Waals surface area contributed by atoms with E-state index in [2.05, 4.69) is 15.1 Å². The molecule has 0 bridgehead atoms. The third-order valence-electron chi connectivity index (χ3n) is 3.64. The highest BCUT2D eigenvalue weighted by molar-refractivity contribution is 5.66. The number of hydrogen-bond donors (Lipinski definition) is 2. The Labute approximate surface area is 143 Å². The number of nitrogens with one attached hydrogen (secondary N) is 1. The molecule has 8 nitrogen and oxygen atoms in total. The summed E-state index contributed by atoms with van der Waals surface area (Å²) in [7, 11) is 0. The van der Waals surface area contributed by atoms with Crippen molar-refractivity contribution < 1.29 is 14.6 Å². The molecule has 0 aliphatic carbocycles. The van der Waals surface area contributed by atoms with Crippen LogP contribution in [0.4, 0.5) is 0 Å². The van der Waals surface area contributed by atoms with Gasteiger partial charge < -0.3 is 14.8 Å². The molecule has 0 unspecified atom stereocenters. The van der Waals surface area contributed by atoms with Crippen LogP contribution in [-0.4, -0.2) is 37.3 Å². The molecule has 0 spiro atoms.